The highest BCUT2D eigenvalue weighted by Crippen LogP contribution is 2.38. The molecule has 0 aromatic heterocycles. The van der Waals surface area contributed by atoms with E-state index < -0.39 is 32.5 Å². The second-order valence-corrected chi connectivity index (χ2v) is 16.4. The highest BCUT2D eigenvalue weighted by atomic mass is 31.2. The Hall–Kier alpha value is -3.07. The summed E-state index contributed by atoms with van der Waals surface area (Å²) in [6.07, 6.45) is 50.3. The van der Waals surface area contributed by atoms with E-state index in [0.29, 0.717) is 30.3 Å². The third-order valence-electron chi connectivity index (χ3n) is 8.34. The van der Waals surface area contributed by atoms with E-state index in [-0.39, 0.29) is 26.1 Å². The Morgan fingerprint density at radius 1 is 0.544 bits per heavy atom. The summed E-state index contributed by atoms with van der Waals surface area (Å²) in [6, 6.07) is 0. The molecule has 0 radical (unpaired) electrons. The zero-order valence-corrected chi connectivity index (χ0v) is 37.1. The van der Waals surface area contributed by atoms with Crippen LogP contribution in [0.15, 0.2) is 97.2 Å². The molecule has 2 atom stereocenters. The predicted molar refractivity (Wildman–Crippen MR) is 235 cm³/mol. The molecule has 0 amide bonds. The van der Waals surface area contributed by atoms with Crippen LogP contribution in [-0.4, -0.2) is 70.0 Å². The lowest BCUT2D eigenvalue weighted by atomic mass is 10.2. The first-order valence-electron chi connectivity index (χ1n) is 21.4. The number of ether oxygens (including phenoxy) is 2. The van der Waals surface area contributed by atoms with E-state index >= 15 is 0 Å². The summed E-state index contributed by atoms with van der Waals surface area (Å²) < 4.78 is 33.7. The van der Waals surface area contributed by atoms with E-state index in [9.17, 15) is 19.0 Å². The maximum atomic E-state index is 12.6. The summed E-state index contributed by atoms with van der Waals surface area (Å²) in [5.41, 5.74) is 0. The fraction of sp³-hybridized carbons (Fsp3) is 0.617. The smallest absolute Gasteiger partial charge is 0.306 e. The number of hydrogen-bond acceptors (Lipinski definition) is 8. The second-order valence-electron chi connectivity index (χ2n) is 15.0. The minimum absolute atomic E-state index is 0.0569. The van der Waals surface area contributed by atoms with Gasteiger partial charge in [-0.1, -0.05) is 137 Å². The van der Waals surface area contributed by atoms with Gasteiger partial charge in [0.05, 0.1) is 27.7 Å². The highest BCUT2D eigenvalue weighted by Gasteiger charge is 2.21. The number of esters is 2. The molecule has 0 aromatic rings. The van der Waals surface area contributed by atoms with Gasteiger partial charge in [0.2, 0.25) is 0 Å². The molecular weight excluding hydrogens is 737 g/mol. The predicted octanol–water partition coefficient (Wildman–Crippen LogP) is 11.6. The Balaban J connectivity index is 4.61. The molecule has 0 aliphatic heterocycles. The fourth-order valence-corrected chi connectivity index (χ4v) is 5.67. The van der Waals surface area contributed by atoms with Crippen molar-refractivity contribution < 1.29 is 42.1 Å². The summed E-state index contributed by atoms with van der Waals surface area (Å²) in [5.74, 6) is -1.01. The summed E-state index contributed by atoms with van der Waals surface area (Å²) in [6.45, 7) is 3.99. The van der Waals surface area contributed by atoms with Gasteiger partial charge in [-0.3, -0.25) is 14.2 Å². The Kier molecular flexibility index (Phi) is 36.4. The minimum Gasteiger partial charge on any atom is -0.756 e. The van der Waals surface area contributed by atoms with Crippen molar-refractivity contribution in [3.05, 3.63) is 97.2 Å². The van der Waals surface area contributed by atoms with Crippen molar-refractivity contribution in [1.82, 2.24) is 0 Å². The van der Waals surface area contributed by atoms with Crippen LogP contribution in [0.25, 0.3) is 0 Å². The molecule has 0 spiro atoms. The number of carbonyl (C=O) groups is 2. The lowest BCUT2D eigenvalue weighted by Gasteiger charge is -2.28. The number of quaternary nitrogens is 1. The van der Waals surface area contributed by atoms with Gasteiger partial charge in [0.1, 0.15) is 19.8 Å². The number of phosphoric acid groups is 1. The number of carbonyl (C=O) groups excluding carboxylic acids is 2. The second kappa shape index (κ2) is 38.4. The summed E-state index contributed by atoms with van der Waals surface area (Å²) in [5, 5.41) is 0. The lowest BCUT2D eigenvalue weighted by Crippen LogP contribution is -2.37. The van der Waals surface area contributed by atoms with Crippen LogP contribution >= 0.6 is 7.82 Å². The Morgan fingerprint density at radius 2 is 0.965 bits per heavy atom. The number of allylic oxidation sites excluding steroid dienone is 16. The van der Waals surface area contributed by atoms with E-state index in [1.165, 1.54) is 38.5 Å². The molecule has 0 saturated heterocycles. The van der Waals surface area contributed by atoms with Crippen LogP contribution < -0.4 is 4.89 Å². The van der Waals surface area contributed by atoms with Crippen molar-refractivity contribution >= 4 is 19.8 Å². The molecule has 0 N–H and O–H groups in total. The molecule has 10 heteroatoms. The maximum absolute atomic E-state index is 12.6. The number of rotatable bonds is 37. The maximum Gasteiger partial charge on any atom is 0.306 e. The number of phosphoric ester groups is 1. The van der Waals surface area contributed by atoms with E-state index in [1.807, 2.05) is 39.4 Å². The molecule has 9 nitrogen and oxygen atoms in total. The Bertz CT molecular complexity index is 1290. The normalized spacial score (nSPS) is 14.6. The van der Waals surface area contributed by atoms with Crippen LogP contribution in [-0.2, 0) is 32.7 Å². The first-order chi connectivity index (χ1) is 27.5. The first-order valence-corrected chi connectivity index (χ1v) is 22.9. The molecule has 0 aliphatic rings. The fourth-order valence-electron chi connectivity index (χ4n) is 4.94. The van der Waals surface area contributed by atoms with Crippen molar-refractivity contribution in [3.63, 3.8) is 0 Å². The zero-order valence-electron chi connectivity index (χ0n) is 36.2. The van der Waals surface area contributed by atoms with Crippen LogP contribution in [0, 0.1) is 0 Å². The largest absolute Gasteiger partial charge is 0.756 e. The molecule has 0 saturated carbocycles. The number of unbranched alkanes of at least 4 members (excludes halogenated alkanes) is 7. The van der Waals surface area contributed by atoms with Gasteiger partial charge < -0.3 is 27.9 Å². The van der Waals surface area contributed by atoms with Gasteiger partial charge in [-0.15, -0.1) is 0 Å². The topological polar surface area (TPSA) is 111 Å². The average molecular weight is 816 g/mol. The summed E-state index contributed by atoms with van der Waals surface area (Å²) in [4.78, 5) is 37.4. The molecule has 0 fully saturated rings. The summed E-state index contributed by atoms with van der Waals surface area (Å²) in [7, 11) is 1.08. The molecule has 0 rings (SSSR count). The minimum atomic E-state index is -4.66. The lowest BCUT2D eigenvalue weighted by molar-refractivity contribution is -0.870. The van der Waals surface area contributed by atoms with Gasteiger partial charge in [0.25, 0.3) is 7.82 Å². The average Bonchev–Trinajstić information content (AvgIpc) is 3.16. The van der Waals surface area contributed by atoms with Gasteiger partial charge in [0.15, 0.2) is 6.10 Å². The number of nitrogens with zero attached hydrogens (tertiary/aromatic N) is 1. The van der Waals surface area contributed by atoms with Crippen molar-refractivity contribution in [2.24, 2.45) is 0 Å². The quantitative estimate of drug-likeness (QED) is 0.0200. The van der Waals surface area contributed by atoms with Gasteiger partial charge in [0, 0.05) is 12.8 Å². The van der Waals surface area contributed by atoms with Gasteiger partial charge >= 0.3 is 11.9 Å². The number of likely N-dealkylation sites (N-methyl/N-ethyl adjacent to an activating group) is 1. The molecule has 0 heterocycles. The number of hydrogen-bond donors (Lipinski definition) is 0. The molecule has 324 valence electrons. The Morgan fingerprint density at radius 3 is 1.40 bits per heavy atom. The van der Waals surface area contributed by atoms with Crippen molar-refractivity contribution in [1.29, 1.82) is 0 Å². The summed E-state index contributed by atoms with van der Waals surface area (Å²) >= 11 is 0. The van der Waals surface area contributed by atoms with Crippen molar-refractivity contribution in [3.8, 4) is 0 Å². The highest BCUT2D eigenvalue weighted by molar-refractivity contribution is 7.45. The Labute approximate surface area is 347 Å². The van der Waals surface area contributed by atoms with Crippen LogP contribution in [0.1, 0.15) is 136 Å². The van der Waals surface area contributed by atoms with E-state index in [2.05, 4.69) is 92.8 Å². The van der Waals surface area contributed by atoms with Gasteiger partial charge in [-0.25, -0.2) is 0 Å². The molecule has 0 bridgehead atoms. The third kappa shape index (κ3) is 42.4. The van der Waals surface area contributed by atoms with E-state index in [0.717, 1.165) is 51.4 Å². The molecular formula is C47H78NO8P. The molecule has 1 unspecified atom stereocenters. The zero-order chi connectivity index (χ0) is 42.1. The third-order valence-corrected chi connectivity index (χ3v) is 9.30. The van der Waals surface area contributed by atoms with Crippen molar-refractivity contribution in [2.45, 2.75) is 142 Å². The van der Waals surface area contributed by atoms with E-state index in [4.69, 9.17) is 18.5 Å². The first kappa shape index (κ1) is 53.9. The van der Waals surface area contributed by atoms with Gasteiger partial charge in [-0.2, -0.15) is 0 Å². The molecule has 0 aromatic carbocycles. The van der Waals surface area contributed by atoms with Crippen LogP contribution in [0.3, 0.4) is 0 Å². The van der Waals surface area contributed by atoms with Crippen LogP contribution in [0.4, 0.5) is 0 Å². The van der Waals surface area contributed by atoms with Crippen molar-refractivity contribution in [2.75, 3.05) is 47.5 Å². The van der Waals surface area contributed by atoms with Crippen LogP contribution in [0.5, 0.6) is 0 Å². The van der Waals surface area contributed by atoms with Gasteiger partial charge in [-0.05, 0) is 83.5 Å². The standard InChI is InChI=1S/C47H78NO8P/c1-6-8-10-12-14-16-18-20-22-24-26-28-30-32-34-36-38-40-47(50)56-45(44-55-57(51,52)54-42-41-48(3,4)5)43-53-46(49)39-37-35-33-31-29-27-25-23-21-19-17-15-13-11-9-7-2/h14-17,20-23,26-29,32-35,45H,6-13,18-19,24-25,30-31,36-44H2,1-5H3/b16-14-,17-15-,22-20-,23-21-,28-26-,29-27-,34-32-,35-33-/t45-/m1/s1. The SMILES string of the molecule is CCCCC/C=C\C/C=C\C/C=C\C/C=C\CCCC(=O)O[C@H](COC(=O)CC/C=C\C/C=C\C/C=C\C/C=C\CCCCC)COP(=O)([O-])OCC[N+](C)(C)C. The van der Waals surface area contributed by atoms with Crippen LogP contribution in [0.2, 0.25) is 0 Å². The van der Waals surface area contributed by atoms with E-state index in [1.54, 1.807) is 0 Å². The molecule has 0 aliphatic carbocycles. The monoisotopic (exact) mass is 816 g/mol. The molecule has 57 heavy (non-hydrogen) atoms.